The van der Waals surface area contributed by atoms with Gasteiger partial charge < -0.3 is 0 Å². The van der Waals surface area contributed by atoms with Gasteiger partial charge in [-0.25, -0.2) is 4.90 Å². The number of carbonyl (C=O) groups excluding carboxylic acids is 2. The van der Waals surface area contributed by atoms with Gasteiger partial charge >= 0.3 is 0 Å². The van der Waals surface area contributed by atoms with Gasteiger partial charge in [-0.05, 0) is 60.2 Å². The molecule has 0 unspecified atom stereocenters. The quantitative estimate of drug-likeness (QED) is 0.695. The molecule has 0 aliphatic carbocycles. The van der Waals surface area contributed by atoms with Gasteiger partial charge in [-0.2, -0.15) is 0 Å². The van der Waals surface area contributed by atoms with Crippen LogP contribution in [0.1, 0.15) is 11.1 Å². The maximum absolute atomic E-state index is 12.5. The van der Waals surface area contributed by atoms with Gasteiger partial charge in [0.15, 0.2) is 0 Å². The first kappa shape index (κ1) is 15.1. The number of amides is 2. The van der Waals surface area contributed by atoms with E-state index in [9.17, 15) is 9.59 Å². The summed E-state index contributed by atoms with van der Waals surface area (Å²) in [5.74, 6) is -0.277. The van der Waals surface area contributed by atoms with Crippen molar-refractivity contribution in [1.29, 1.82) is 0 Å². The Morgan fingerprint density at radius 1 is 1.09 bits per heavy atom. The maximum Gasteiger partial charge on any atom is 0.298 e. The molecule has 1 saturated heterocycles. The SMILES string of the molecule is Cc1cccc(N2C(=O)SC(=Cc3cccc(Br)c3)C2=O)c1. The third-order valence-corrected chi connectivity index (χ3v) is 4.56. The van der Waals surface area contributed by atoms with E-state index in [-0.39, 0.29) is 11.1 Å². The summed E-state index contributed by atoms with van der Waals surface area (Å²) in [4.78, 5) is 26.4. The highest BCUT2D eigenvalue weighted by atomic mass is 79.9. The lowest BCUT2D eigenvalue weighted by Gasteiger charge is -2.12. The molecule has 1 heterocycles. The van der Waals surface area contributed by atoms with E-state index in [0.717, 1.165) is 27.4 Å². The van der Waals surface area contributed by atoms with E-state index in [1.54, 1.807) is 12.1 Å². The number of hydrogen-bond acceptors (Lipinski definition) is 3. The van der Waals surface area contributed by atoms with Crippen LogP contribution in [0.2, 0.25) is 0 Å². The second-order valence-electron chi connectivity index (χ2n) is 4.91. The first-order chi connectivity index (χ1) is 10.5. The topological polar surface area (TPSA) is 37.4 Å². The third-order valence-electron chi connectivity index (χ3n) is 3.20. The van der Waals surface area contributed by atoms with Crippen molar-refractivity contribution < 1.29 is 9.59 Å². The van der Waals surface area contributed by atoms with Gasteiger partial charge in [-0.15, -0.1) is 0 Å². The van der Waals surface area contributed by atoms with E-state index < -0.39 is 0 Å². The normalized spacial score (nSPS) is 16.6. The molecule has 2 aromatic carbocycles. The Bertz CT molecular complexity index is 801. The van der Waals surface area contributed by atoms with Crippen LogP contribution in [0.3, 0.4) is 0 Å². The van der Waals surface area contributed by atoms with Crippen LogP contribution in [0.5, 0.6) is 0 Å². The van der Waals surface area contributed by atoms with Crippen molar-refractivity contribution in [2.24, 2.45) is 0 Å². The summed E-state index contributed by atoms with van der Waals surface area (Å²) in [5.41, 5.74) is 2.50. The van der Waals surface area contributed by atoms with Crippen LogP contribution in [0.15, 0.2) is 57.9 Å². The van der Waals surface area contributed by atoms with E-state index in [0.29, 0.717) is 10.6 Å². The van der Waals surface area contributed by atoms with Crippen LogP contribution in [0.4, 0.5) is 10.5 Å². The number of thioether (sulfide) groups is 1. The molecular formula is C17H12BrNO2S. The molecule has 0 spiro atoms. The lowest BCUT2D eigenvalue weighted by atomic mass is 10.2. The summed E-state index contributed by atoms with van der Waals surface area (Å²) in [6, 6.07) is 15.0. The Morgan fingerprint density at radius 2 is 1.86 bits per heavy atom. The zero-order chi connectivity index (χ0) is 15.7. The zero-order valence-electron chi connectivity index (χ0n) is 11.7. The van der Waals surface area contributed by atoms with Gasteiger partial charge in [0.1, 0.15) is 0 Å². The molecule has 2 amide bonds. The van der Waals surface area contributed by atoms with Crippen molar-refractivity contribution in [3.8, 4) is 0 Å². The van der Waals surface area contributed by atoms with E-state index in [1.807, 2.05) is 49.4 Å². The molecular weight excluding hydrogens is 362 g/mol. The summed E-state index contributed by atoms with van der Waals surface area (Å²) < 4.78 is 0.930. The molecule has 0 saturated carbocycles. The molecule has 1 fully saturated rings. The predicted octanol–water partition coefficient (Wildman–Crippen LogP) is 5.00. The Balaban J connectivity index is 1.95. The Hall–Kier alpha value is -1.85. The fourth-order valence-corrected chi connectivity index (χ4v) is 3.46. The van der Waals surface area contributed by atoms with Gasteiger partial charge in [0.2, 0.25) is 0 Å². The highest BCUT2D eigenvalue weighted by molar-refractivity contribution is 9.10. The average Bonchev–Trinajstić information content (AvgIpc) is 2.73. The molecule has 0 radical (unpaired) electrons. The molecule has 5 heteroatoms. The number of aryl methyl sites for hydroxylation is 1. The van der Waals surface area contributed by atoms with Crippen molar-refractivity contribution in [1.82, 2.24) is 0 Å². The summed E-state index contributed by atoms with van der Waals surface area (Å²) in [5, 5.41) is -0.267. The molecule has 22 heavy (non-hydrogen) atoms. The van der Waals surface area contributed by atoms with Gasteiger partial charge in [0.25, 0.3) is 11.1 Å². The van der Waals surface area contributed by atoms with Crippen molar-refractivity contribution in [2.45, 2.75) is 6.92 Å². The van der Waals surface area contributed by atoms with Crippen LogP contribution < -0.4 is 4.90 Å². The number of rotatable bonds is 2. The van der Waals surface area contributed by atoms with Crippen LogP contribution in [-0.4, -0.2) is 11.1 Å². The minimum absolute atomic E-state index is 0.267. The Morgan fingerprint density at radius 3 is 2.59 bits per heavy atom. The summed E-state index contributed by atoms with van der Waals surface area (Å²) in [6.07, 6.45) is 1.74. The molecule has 3 rings (SSSR count). The van der Waals surface area contributed by atoms with E-state index in [4.69, 9.17) is 0 Å². The Kier molecular flexibility index (Phi) is 4.18. The Labute approximate surface area is 141 Å². The molecule has 1 aliphatic rings. The highest BCUT2D eigenvalue weighted by Gasteiger charge is 2.36. The minimum Gasteiger partial charge on any atom is -0.268 e. The van der Waals surface area contributed by atoms with Crippen molar-refractivity contribution in [3.05, 3.63) is 69.0 Å². The van der Waals surface area contributed by atoms with Crippen LogP contribution in [0, 0.1) is 6.92 Å². The number of imide groups is 1. The van der Waals surface area contributed by atoms with E-state index in [1.165, 1.54) is 4.90 Å². The molecule has 0 atom stereocenters. The highest BCUT2D eigenvalue weighted by Crippen LogP contribution is 2.36. The minimum atomic E-state index is -0.277. The number of nitrogens with zero attached hydrogens (tertiary/aromatic N) is 1. The summed E-state index contributed by atoms with van der Waals surface area (Å²) >= 11 is 4.36. The number of hydrogen-bond donors (Lipinski definition) is 0. The fraction of sp³-hybridized carbons (Fsp3) is 0.0588. The van der Waals surface area contributed by atoms with Crippen molar-refractivity contribution >= 4 is 50.6 Å². The van der Waals surface area contributed by atoms with E-state index >= 15 is 0 Å². The van der Waals surface area contributed by atoms with Gasteiger partial charge in [0.05, 0.1) is 10.6 Å². The standard InChI is InChI=1S/C17H12BrNO2S/c1-11-4-2-7-14(8-11)19-16(20)15(22-17(19)21)10-12-5-3-6-13(18)9-12/h2-10H,1H3. The second-order valence-corrected chi connectivity index (χ2v) is 6.82. The molecule has 0 N–H and O–H groups in total. The van der Waals surface area contributed by atoms with Crippen LogP contribution in [-0.2, 0) is 4.79 Å². The lowest BCUT2D eigenvalue weighted by Crippen LogP contribution is -2.27. The van der Waals surface area contributed by atoms with Crippen LogP contribution in [0.25, 0.3) is 6.08 Å². The molecule has 2 aromatic rings. The van der Waals surface area contributed by atoms with E-state index in [2.05, 4.69) is 15.9 Å². The predicted molar refractivity (Wildman–Crippen MR) is 93.8 cm³/mol. The van der Waals surface area contributed by atoms with Crippen molar-refractivity contribution in [2.75, 3.05) is 4.90 Å². The maximum atomic E-state index is 12.5. The zero-order valence-corrected chi connectivity index (χ0v) is 14.1. The average molecular weight is 374 g/mol. The second kappa shape index (κ2) is 6.10. The van der Waals surface area contributed by atoms with Gasteiger partial charge in [-0.1, -0.05) is 40.2 Å². The first-order valence-electron chi connectivity index (χ1n) is 6.65. The monoisotopic (exact) mass is 373 g/mol. The number of anilines is 1. The smallest absolute Gasteiger partial charge is 0.268 e. The van der Waals surface area contributed by atoms with Gasteiger partial charge in [0, 0.05) is 4.47 Å². The van der Waals surface area contributed by atoms with Crippen LogP contribution >= 0.6 is 27.7 Å². The third kappa shape index (κ3) is 3.00. The largest absolute Gasteiger partial charge is 0.298 e. The molecule has 1 aliphatic heterocycles. The number of benzene rings is 2. The summed E-state index contributed by atoms with van der Waals surface area (Å²) in [7, 11) is 0. The number of halogens is 1. The number of carbonyl (C=O) groups is 2. The molecule has 110 valence electrons. The molecule has 0 bridgehead atoms. The first-order valence-corrected chi connectivity index (χ1v) is 8.26. The van der Waals surface area contributed by atoms with Crippen molar-refractivity contribution in [3.63, 3.8) is 0 Å². The van der Waals surface area contributed by atoms with Gasteiger partial charge in [-0.3, -0.25) is 9.59 Å². The fourth-order valence-electron chi connectivity index (χ4n) is 2.21. The summed E-state index contributed by atoms with van der Waals surface area (Å²) in [6.45, 7) is 1.93. The molecule has 3 nitrogen and oxygen atoms in total. The lowest BCUT2D eigenvalue weighted by molar-refractivity contribution is -0.113. The molecule has 0 aromatic heterocycles.